The molecule has 0 radical (unpaired) electrons. The van der Waals surface area contributed by atoms with Gasteiger partial charge in [-0.3, -0.25) is 4.79 Å². The van der Waals surface area contributed by atoms with Crippen molar-refractivity contribution in [3.63, 3.8) is 0 Å². The van der Waals surface area contributed by atoms with Crippen LogP contribution in [0.5, 0.6) is 0 Å². The maximum Gasteiger partial charge on any atom is 0.405 e. The molecule has 2 atom stereocenters. The van der Waals surface area contributed by atoms with Crippen molar-refractivity contribution in [1.29, 1.82) is 0 Å². The Morgan fingerprint density at radius 2 is 1.69 bits per heavy atom. The van der Waals surface area contributed by atoms with E-state index in [2.05, 4.69) is 10.6 Å². The Labute approximate surface area is 92.8 Å². The van der Waals surface area contributed by atoms with E-state index in [0.717, 1.165) is 0 Å². The molecule has 0 aromatic heterocycles. The molecule has 1 fully saturated rings. The van der Waals surface area contributed by atoms with E-state index in [1.165, 1.54) is 0 Å². The van der Waals surface area contributed by atoms with Gasteiger partial charge in [0.2, 0.25) is 0 Å². The van der Waals surface area contributed by atoms with Gasteiger partial charge in [-0.15, -0.1) is 0 Å². The number of ketones is 1. The summed E-state index contributed by atoms with van der Waals surface area (Å²) in [4.78, 5) is 11.8. The highest BCUT2D eigenvalue weighted by Gasteiger charge is 2.43. The third-order valence-electron chi connectivity index (χ3n) is 2.59. The van der Waals surface area contributed by atoms with Gasteiger partial charge in [-0.05, 0) is 0 Å². The Balaban J connectivity index is 2.53. The SMILES string of the molecule is CC(C)(C)C(=O)C1CNC(C(F)(F)F)CN1. The molecule has 0 aromatic carbocycles. The Hall–Kier alpha value is -0.620. The summed E-state index contributed by atoms with van der Waals surface area (Å²) >= 11 is 0. The van der Waals surface area contributed by atoms with Crippen molar-refractivity contribution in [3.05, 3.63) is 0 Å². The van der Waals surface area contributed by atoms with Crippen LogP contribution in [0.25, 0.3) is 0 Å². The molecule has 1 saturated heterocycles. The van der Waals surface area contributed by atoms with Crippen LogP contribution >= 0.6 is 0 Å². The summed E-state index contributed by atoms with van der Waals surface area (Å²) in [6.07, 6.45) is -4.26. The van der Waals surface area contributed by atoms with E-state index < -0.39 is 23.7 Å². The Morgan fingerprint density at radius 3 is 2.00 bits per heavy atom. The van der Waals surface area contributed by atoms with Crippen LogP contribution < -0.4 is 10.6 Å². The first kappa shape index (κ1) is 13.4. The monoisotopic (exact) mass is 238 g/mol. The second kappa shape index (κ2) is 4.33. The number of hydrogen-bond acceptors (Lipinski definition) is 3. The minimum absolute atomic E-state index is 0.0281. The maximum atomic E-state index is 12.3. The molecular formula is C10H17F3N2O. The van der Waals surface area contributed by atoms with E-state index in [4.69, 9.17) is 0 Å². The lowest BCUT2D eigenvalue weighted by Gasteiger charge is -2.34. The number of carbonyl (C=O) groups is 1. The van der Waals surface area contributed by atoms with Crippen molar-refractivity contribution in [2.75, 3.05) is 13.1 Å². The Morgan fingerprint density at radius 1 is 1.12 bits per heavy atom. The minimum Gasteiger partial charge on any atom is -0.304 e. The van der Waals surface area contributed by atoms with Crippen molar-refractivity contribution in [2.24, 2.45) is 5.41 Å². The highest BCUT2D eigenvalue weighted by Crippen LogP contribution is 2.23. The number of piperazine rings is 1. The standard InChI is InChI=1S/C10H17F3N2O/c1-9(2,3)8(16)6-4-15-7(5-14-6)10(11,12)13/h6-7,14-15H,4-5H2,1-3H3. The number of Topliss-reactive ketones (excluding diaryl/α,β-unsaturated/α-hetero) is 1. The summed E-state index contributed by atoms with van der Waals surface area (Å²) in [7, 11) is 0. The molecule has 0 bridgehead atoms. The minimum atomic E-state index is -4.26. The van der Waals surface area contributed by atoms with E-state index in [-0.39, 0.29) is 18.9 Å². The smallest absolute Gasteiger partial charge is 0.304 e. The van der Waals surface area contributed by atoms with E-state index in [9.17, 15) is 18.0 Å². The zero-order valence-electron chi connectivity index (χ0n) is 9.61. The molecule has 0 spiro atoms. The third-order valence-corrected chi connectivity index (χ3v) is 2.59. The molecule has 2 unspecified atom stereocenters. The van der Waals surface area contributed by atoms with Gasteiger partial charge < -0.3 is 10.6 Å². The van der Waals surface area contributed by atoms with E-state index in [1.807, 2.05) is 0 Å². The van der Waals surface area contributed by atoms with Gasteiger partial charge in [0.05, 0.1) is 6.04 Å². The number of hydrogen-bond donors (Lipinski definition) is 2. The lowest BCUT2D eigenvalue weighted by atomic mass is 9.85. The highest BCUT2D eigenvalue weighted by molar-refractivity contribution is 5.89. The number of alkyl halides is 3. The molecule has 16 heavy (non-hydrogen) atoms. The van der Waals surface area contributed by atoms with Gasteiger partial charge in [0.25, 0.3) is 0 Å². The lowest BCUT2D eigenvalue weighted by molar-refractivity contribution is -0.160. The molecule has 3 nitrogen and oxygen atoms in total. The highest BCUT2D eigenvalue weighted by atomic mass is 19.4. The average Bonchev–Trinajstić information content (AvgIpc) is 2.14. The van der Waals surface area contributed by atoms with Crippen LogP contribution in [0.2, 0.25) is 0 Å². The molecule has 1 rings (SSSR count). The van der Waals surface area contributed by atoms with Crippen molar-refractivity contribution in [2.45, 2.75) is 39.0 Å². The van der Waals surface area contributed by atoms with Gasteiger partial charge in [0, 0.05) is 18.5 Å². The quantitative estimate of drug-likeness (QED) is 0.718. The van der Waals surface area contributed by atoms with Gasteiger partial charge >= 0.3 is 6.18 Å². The van der Waals surface area contributed by atoms with Gasteiger partial charge in [0.1, 0.15) is 6.04 Å². The average molecular weight is 238 g/mol. The van der Waals surface area contributed by atoms with Crippen molar-refractivity contribution < 1.29 is 18.0 Å². The first-order chi connectivity index (χ1) is 7.12. The van der Waals surface area contributed by atoms with Crippen LogP contribution in [0.15, 0.2) is 0 Å². The largest absolute Gasteiger partial charge is 0.405 e. The molecule has 0 aliphatic carbocycles. The van der Waals surface area contributed by atoms with Crippen LogP contribution in [0.4, 0.5) is 13.2 Å². The number of nitrogens with one attached hydrogen (secondary N) is 2. The Kier molecular flexibility index (Phi) is 3.64. The van der Waals surface area contributed by atoms with E-state index in [1.54, 1.807) is 20.8 Å². The predicted octanol–water partition coefficient (Wildman–Crippen LogP) is 1.09. The van der Waals surface area contributed by atoms with Crippen LogP contribution in [-0.4, -0.2) is 37.1 Å². The van der Waals surface area contributed by atoms with Gasteiger partial charge in [-0.25, -0.2) is 0 Å². The summed E-state index contributed by atoms with van der Waals surface area (Å²) in [5.41, 5.74) is -0.537. The summed E-state index contributed by atoms with van der Waals surface area (Å²) in [6, 6.07) is -2.09. The van der Waals surface area contributed by atoms with Gasteiger partial charge in [0.15, 0.2) is 5.78 Å². The molecule has 94 valence electrons. The normalized spacial score (nSPS) is 27.9. The van der Waals surface area contributed by atoms with Crippen molar-refractivity contribution >= 4 is 5.78 Å². The molecule has 1 aliphatic rings. The van der Waals surface area contributed by atoms with E-state index in [0.29, 0.717) is 0 Å². The summed E-state index contributed by atoms with van der Waals surface area (Å²) < 4.78 is 36.9. The molecule has 0 aromatic rings. The van der Waals surface area contributed by atoms with Gasteiger partial charge in [-0.2, -0.15) is 13.2 Å². The first-order valence-electron chi connectivity index (χ1n) is 5.20. The van der Waals surface area contributed by atoms with Crippen molar-refractivity contribution in [1.82, 2.24) is 10.6 Å². The van der Waals surface area contributed by atoms with Crippen LogP contribution in [0, 0.1) is 5.41 Å². The second-order valence-electron chi connectivity index (χ2n) is 5.08. The van der Waals surface area contributed by atoms with E-state index >= 15 is 0 Å². The molecule has 1 heterocycles. The van der Waals surface area contributed by atoms with Crippen LogP contribution in [0.3, 0.4) is 0 Å². The molecule has 0 saturated carbocycles. The summed E-state index contributed by atoms with van der Waals surface area (Å²) in [5, 5.41) is 5.00. The fraction of sp³-hybridized carbons (Fsp3) is 0.900. The number of halogens is 3. The fourth-order valence-corrected chi connectivity index (χ4v) is 1.60. The fourth-order valence-electron chi connectivity index (χ4n) is 1.60. The topological polar surface area (TPSA) is 41.1 Å². The number of rotatable bonds is 1. The zero-order chi connectivity index (χ0) is 12.6. The molecule has 1 aliphatic heterocycles. The third kappa shape index (κ3) is 3.18. The summed E-state index contributed by atoms with van der Waals surface area (Å²) in [5.74, 6) is -0.0689. The first-order valence-corrected chi connectivity index (χ1v) is 5.20. The number of carbonyl (C=O) groups excluding carboxylic acids is 1. The molecule has 0 amide bonds. The molecule has 6 heteroatoms. The summed E-state index contributed by atoms with van der Waals surface area (Å²) in [6.45, 7) is 5.04. The maximum absolute atomic E-state index is 12.3. The van der Waals surface area contributed by atoms with Crippen LogP contribution in [0.1, 0.15) is 20.8 Å². The second-order valence-corrected chi connectivity index (χ2v) is 5.08. The predicted molar refractivity (Wildman–Crippen MR) is 54.1 cm³/mol. The van der Waals surface area contributed by atoms with Crippen LogP contribution in [-0.2, 0) is 4.79 Å². The molecular weight excluding hydrogens is 221 g/mol. The lowest BCUT2D eigenvalue weighted by Crippen LogP contribution is -2.63. The zero-order valence-corrected chi connectivity index (χ0v) is 9.61. The van der Waals surface area contributed by atoms with Gasteiger partial charge in [-0.1, -0.05) is 20.8 Å². The molecule has 2 N–H and O–H groups in total. The Bertz CT molecular complexity index is 262. The van der Waals surface area contributed by atoms with Crippen molar-refractivity contribution in [3.8, 4) is 0 Å².